The summed E-state index contributed by atoms with van der Waals surface area (Å²) in [5.74, 6) is 0.648. The van der Waals surface area contributed by atoms with Crippen molar-refractivity contribution >= 4 is 45.1 Å². The van der Waals surface area contributed by atoms with Crippen LogP contribution in [0.4, 0.5) is 5.69 Å². The highest BCUT2D eigenvalue weighted by atomic mass is 35.5. The van der Waals surface area contributed by atoms with E-state index in [9.17, 15) is 9.59 Å². The molecule has 4 heterocycles. The maximum absolute atomic E-state index is 12.1. The van der Waals surface area contributed by atoms with E-state index in [1.165, 1.54) is 6.08 Å². The molecule has 0 aliphatic carbocycles. The summed E-state index contributed by atoms with van der Waals surface area (Å²) < 4.78 is 6.04. The summed E-state index contributed by atoms with van der Waals surface area (Å²) in [5.41, 5.74) is 5.57. The summed E-state index contributed by atoms with van der Waals surface area (Å²) in [6, 6.07) is 7.77. The third-order valence-corrected chi connectivity index (χ3v) is 7.06. The summed E-state index contributed by atoms with van der Waals surface area (Å²) >= 11 is 6.86. The third kappa shape index (κ3) is 3.09. The Labute approximate surface area is 199 Å². The number of pyridine rings is 1. The van der Waals surface area contributed by atoms with Crippen molar-refractivity contribution in [1.29, 1.82) is 0 Å². The molecule has 2 aromatic carbocycles. The van der Waals surface area contributed by atoms with Crippen LogP contribution in [0.25, 0.3) is 33.1 Å². The molecule has 2 aromatic heterocycles. The maximum atomic E-state index is 12.1. The lowest BCUT2D eigenvalue weighted by Gasteiger charge is -2.45. The first kappa shape index (κ1) is 20.8. The van der Waals surface area contributed by atoms with Crippen LogP contribution in [0, 0.1) is 6.92 Å². The van der Waals surface area contributed by atoms with Gasteiger partial charge in [-0.05, 0) is 36.8 Å². The number of benzene rings is 2. The lowest BCUT2D eigenvalue weighted by atomic mass is 9.96. The van der Waals surface area contributed by atoms with E-state index in [0.29, 0.717) is 37.0 Å². The monoisotopic (exact) mass is 475 g/mol. The molecule has 0 bridgehead atoms. The fourth-order valence-electron chi connectivity index (χ4n) is 5.14. The van der Waals surface area contributed by atoms with Gasteiger partial charge in [-0.1, -0.05) is 24.2 Å². The van der Waals surface area contributed by atoms with Crippen LogP contribution in [0.5, 0.6) is 5.75 Å². The van der Waals surface area contributed by atoms with Gasteiger partial charge in [-0.25, -0.2) is 4.79 Å². The van der Waals surface area contributed by atoms with Crippen molar-refractivity contribution in [1.82, 2.24) is 19.9 Å². The highest BCUT2D eigenvalue weighted by molar-refractivity contribution is 6.35. The lowest BCUT2D eigenvalue weighted by molar-refractivity contribution is -0.127. The number of carbonyl (C=O) groups is 1. The summed E-state index contributed by atoms with van der Waals surface area (Å²) in [6.07, 6.45) is 3.10. The number of aromatic amines is 2. The Morgan fingerprint density at radius 2 is 2.15 bits per heavy atom. The molecule has 1 saturated heterocycles. The van der Waals surface area contributed by atoms with E-state index in [4.69, 9.17) is 16.3 Å². The molecule has 1 fully saturated rings. The van der Waals surface area contributed by atoms with Crippen LogP contribution in [-0.4, -0.2) is 58.0 Å². The normalized spacial score (nSPS) is 17.4. The van der Waals surface area contributed by atoms with Gasteiger partial charge in [0.25, 0.3) is 0 Å². The zero-order valence-corrected chi connectivity index (χ0v) is 19.3. The molecule has 0 saturated carbocycles. The predicted molar refractivity (Wildman–Crippen MR) is 133 cm³/mol. The van der Waals surface area contributed by atoms with Crippen LogP contribution < -0.4 is 15.3 Å². The van der Waals surface area contributed by atoms with Gasteiger partial charge in [0.2, 0.25) is 5.91 Å². The van der Waals surface area contributed by atoms with Crippen molar-refractivity contribution in [2.75, 3.05) is 31.1 Å². The minimum atomic E-state index is -0.261. The minimum absolute atomic E-state index is 0.0372. The van der Waals surface area contributed by atoms with Gasteiger partial charge in [0.05, 0.1) is 34.5 Å². The second-order valence-electron chi connectivity index (χ2n) is 8.73. The molecule has 0 radical (unpaired) electrons. The zero-order valence-electron chi connectivity index (χ0n) is 18.5. The number of H-pyrrole nitrogens is 2. The molecule has 1 atom stereocenters. The number of aryl methyl sites for hydroxylation is 1. The van der Waals surface area contributed by atoms with Gasteiger partial charge in [-0.2, -0.15) is 0 Å². The summed E-state index contributed by atoms with van der Waals surface area (Å²) in [5, 5.41) is 1.45. The average molecular weight is 476 g/mol. The number of fused-ring (bicyclic) bond motifs is 6. The summed E-state index contributed by atoms with van der Waals surface area (Å²) in [7, 11) is 0. The Balaban J connectivity index is 1.49. The van der Waals surface area contributed by atoms with Crippen molar-refractivity contribution < 1.29 is 9.53 Å². The second kappa shape index (κ2) is 7.63. The molecular formula is C25H22ClN5O3. The Hall–Kier alpha value is -3.78. The molecule has 4 aromatic rings. The van der Waals surface area contributed by atoms with E-state index in [0.717, 1.165) is 44.3 Å². The van der Waals surface area contributed by atoms with Crippen LogP contribution >= 0.6 is 11.6 Å². The van der Waals surface area contributed by atoms with Crippen molar-refractivity contribution in [2.45, 2.75) is 13.0 Å². The molecule has 9 heteroatoms. The molecule has 2 aliphatic heterocycles. The number of carbonyl (C=O) groups excluding carboxylic acids is 1. The predicted octanol–water partition coefficient (Wildman–Crippen LogP) is 3.63. The number of halogens is 1. The van der Waals surface area contributed by atoms with Gasteiger partial charge in [0.15, 0.2) is 5.75 Å². The Bertz CT molecular complexity index is 1560. The van der Waals surface area contributed by atoms with Crippen LogP contribution in [0.15, 0.2) is 47.9 Å². The van der Waals surface area contributed by atoms with E-state index in [1.54, 1.807) is 11.1 Å². The molecule has 6 rings (SSSR count). The Morgan fingerprint density at radius 3 is 2.97 bits per heavy atom. The van der Waals surface area contributed by atoms with Gasteiger partial charge in [-0.3, -0.25) is 9.78 Å². The SMILES string of the molecule is C=CC(=O)N1CCN2c3c(cnc4cc(-c5c(C)ccc6[nH]c(=O)[nH]c56)c(Cl)cc34)OC[C@H]2C1. The first-order valence-electron chi connectivity index (χ1n) is 11.1. The van der Waals surface area contributed by atoms with E-state index in [1.807, 2.05) is 31.2 Å². The number of rotatable bonds is 2. The molecule has 1 amide bonds. The fraction of sp³-hybridized carbons (Fsp3) is 0.240. The number of aromatic nitrogens is 3. The third-order valence-electron chi connectivity index (χ3n) is 6.75. The highest BCUT2D eigenvalue weighted by Gasteiger charge is 2.35. The summed E-state index contributed by atoms with van der Waals surface area (Å²) in [4.78, 5) is 38.6. The standard InChI is InChI=1S/C25H22ClN5O3/c1-3-21(32)30-6-7-31-14(11-30)12-34-20-10-27-19-9-15(17(26)8-16(19)24(20)31)22-13(2)4-5-18-23(22)29-25(33)28-18/h3-5,8-10,14H,1,6-7,11-12H2,2H3,(H2,28,29,33)/t14-/m1/s1. The van der Waals surface area contributed by atoms with Gasteiger partial charge >= 0.3 is 5.69 Å². The lowest BCUT2D eigenvalue weighted by Crippen LogP contribution is -2.58. The smallest absolute Gasteiger partial charge is 0.323 e. The van der Waals surface area contributed by atoms with Crippen LogP contribution in [0.2, 0.25) is 5.02 Å². The number of piperazine rings is 1. The van der Waals surface area contributed by atoms with Gasteiger partial charge in [0, 0.05) is 41.2 Å². The first-order chi connectivity index (χ1) is 16.4. The fourth-order valence-corrected chi connectivity index (χ4v) is 5.39. The van der Waals surface area contributed by atoms with E-state index < -0.39 is 0 Å². The molecule has 0 spiro atoms. The van der Waals surface area contributed by atoms with Gasteiger partial charge in [-0.15, -0.1) is 0 Å². The number of amides is 1. The number of nitrogens with one attached hydrogen (secondary N) is 2. The number of nitrogens with zero attached hydrogens (tertiary/aromatic N) is 3. The van der Waals surface area contributed by atoms with Crippen molar-refractivity contribution in [3.8, 4) is 16.9 Å². The number of imidazole rings is 1. The Morgan fingerprint density at radius 1 is 1.29 bits per heavy atom. The average Bonchev–Trinajstić information content (AvgIpc) is 3.22. The highest BCUT2D eigenvalue weighted by Crippen LogP contribution is 2.44. The van der Waals surface area contributed by atoms with E-state index in [-0.39, 0.29) is 17.6 Å². The topological polar surface area (TPSA) is 94.3 Å². The van der Waals surface area contributed by atoms with E-state index in [2.05, 4.69) is 26.4 Å². The molecule has 34 heavy (non-hydrogen) atoms. The maximum Gasteiger partial charge on any atom is 0.323 e. The number of hydrogen-bond donors (Lipinski definition) is 2. The van der Waals surface area contributed by atoms with E-state index >= 15 is 0 Å². The number of ether oxygens (including phenoxy) is 1. The molecule has 8 nitrogen and oxygen atoms in total. The van der Waals surface area contributed by atoms with Gasteiger partial charge in [0.1, 0.15) is 6.61 Å². The van der Waals surface area contributed by atoms with Crippen LogP contribution in [0.1, 0.15) is 5.56 Å². The first-order valence-corrected chi connectivity index (χ1v) is 11.5. The quantitative estimate of drug-likeness (QED) is 0.432. The molecule has 2 aliphatic rings. The summed E-state index contributed by atoms with van der Waals surface area (Å²) in [6.45, 7) is 7.94. The van der Waals surface area contributed by atoms with Crippen molar-refractivity contribution in [3.05, 3.63) is 64.2 Å². The Kier molecular flexibility index (Phi) is 4.67. The van der Waals surface area contributed by atoms with Gasteiger partial charge < -0.3 is 24.5 Å². The van der Waals surface area contributed by atoms with Crippen molar-refractivity contribution in [2.24, 2.45) is 0 Å². The second-order valence-corrected chi connectivity index (χ2v) is 9.13. The number of hydrogen-bond acceptors (Lipinski definition) is 5. The van der Waals surface area contributed by atoms with Crippen LogP contribution in [-0.2, 0) is 4.79 Å². The largest absolute Gasteiger partial charge is 0.488 e. The number of anilines is 1. The zero-order chi connectivity index (χ0) is 23.6. The molecule has 0 unspecified atom stereocenters. The molecular weight excluding hydrogens is 454 g/mol. The van der Waals surface area contributed by atoms with Crippen LogP contribution in [0.3, 0.4) is 0 Å². The molecule has 172 valence electrons. The van der Waals surface area contributed by atoms with Crippen molar-refractivity contribution in [3.63, 3.8) is 0 Å². The minimum Gasteiger partial charge on any atom is -0.488 e. The molecule has 2 N–H and O–H groups in total.